The van der Waals surface area contributed by atoms with Crippen LogP contribution in [0.4, 0.5) is 5.69 Å². The molecule has 1 spiro atoms. The molecule has 0 unspecified atom stereocenters. The van der Waals surface area contributed by atoms with E-state index in [1.807, 2.05) is 83.1 Å². The summed E-state index contributed by atoms with van der Waals surface area (Å²) in [6, 6.07) is 23.3. The third-order valence-corrected chi connectivity index (χ3v) is 7.72. The van der Waals surface area contributed by atoms with Crippen molar-refractivity contribution in [3.63, 3.8) is 0 Å². The molecule has 3 aromatic rings. The number of hydrogen-bond donors (Lipinski definition) is 1. The van der Waals surface area contributed by atoms with E-state index in [1.165, 1.54) is 11.3 Å². The Morgan fingerprint density at radius 1 is 0.914 bits per heavy atom. The number of anilines is 1. The monoisotopic (exact) mass is 488 g/mol. The average Bonchev–Trinajstić information content (AvgIpc) is 3.53. The highest BCUT2D eigenvalue weighted by atomic mass is 32.1. The van der Waals surface area contributed by atoms with Gasteiger partial charge < -0.3 is 20.0 Å². The number of para-hydroxylation sites is 1. The van der Waals surface area contributed by atoms with Crippen molar-refractivity contribution in [2.75, 3.05) is 31.2 Å². The molecule has 2 aliphatic heterocycles. The van der Waals surface area contributed by atoms with E-state index < -0.39 is 5.54 Å². The highest BCUT2D eigenvalue weighted by molar-refractivity contribution is 7.12. The van der Waals surface area contributed by atoms with Gasteiger partial charge in [-0.05, 0) is 42.0 Å². The molecular weight excluding hydrogens is 460 g/mol. The summed E-state index contributed by atoms with van der Waals surface area (Å²) in [6.45, 7) is 1.78. The zero-order chi connectivity index (χ0) is 24.3. The summed E-state index contributed by atoms with van der Waals surface area (Å²) < 4.78 is 0. The number of benzene rings is 2. The van der Waals surface area contributed by atoms with Crippen LogP contribution in [0.2, 0.25) is 0 Å². The Bertz CT molecular complexity index is 1180. The first-order chi connectivity index (χ1) is 17.1. The minimum Gasteiger partial charge on any atom is -0.350 e. The maximum atomic E-state index is 13.8. The third-order valence-electron chi connectivity index (χ3n) is 6.86. The number of carbonyl (C=O) groups is 3. The van der Waals surface area contributed by atoms with Gasteiger partial charge in [-0.15, -0.1) is 11.3 Å². The molecule has 0 radical (unpaired) electrons. The lowest BCUT2D eigenvalue weighted by atomic mass is 9.85. The molecule has 3 heterocycles. The fourth-order valence-corrected chi connectivity index (χ4v) is 5.67. The molecule has 35 heavy (non-hydrogen) atoms. The lowest BCUT2D eigenvalue weighted by Gasteiger charge is -2.43. The average molecular weight is 489 g/mol. The van der Waals surface area contributed by atoms with E-state index >= 15 is 0 Å². The van der Waals surface area contributed by atoms with Gasteiger partial charge in [0.15, 0.2) is 0 Å². The Morgan fingerprint density at radius 3 is 2.26 bits per heavy atom. The van der Waals surface area contributed by atoms with Gasteiger partial charge in [-0.25, -0.2) is 0 Å². The Hall–Kier alpha value is -3.65. The second-order valence-electron chi connectivity index (χ2n) is 8.97. The zero-order valence-electron chi connectivity index (χ0n) is 19.4. The first-order valence-corrected chi connectivity index (χ1v) is 12.7. The summed E-state index contributed by atoms with van der Waals surface area (Å²) in [7, 11) is 0. The highest BCUT2D eigenvalue weighted by Crippen LogP contribution is 2.39. The van der Waals surface area contributed by atoms with Gasteiger partial charge in [0.25, 0.3) is 11.8 Å². The van der Waals surface area contributed by atoms with E-state index in [-0.39, 0.29) is 24.3 Å². The van der Waals surface area contributed by atoms with Crippen LogP contribution >= 0.6 is 11.3 Å². The van der Waals surface area contributed by atoms with E-state index in [1.54, 1.807) is 4.90 Å². The number of amides is 3. The third kappa shape index (κ3) is 4.66. The van der Waals surface area contributed by atoms with Gasteiger partial charge >= 0.3 is 0 Å². The van der Waals surface area contributed by atoms with Crippen LogP contribution < -0.4 is 10.2 Å². The molecule has 3 amide bonds. The van der Waals surface area contributed by atoms with Crippen LogP contribution in [0.15, 0.2) is 78.2 Å². The quantitative estimate of drug-likeness (QED) is 0.578. The topological polar surface area (TPSA) is 73.0 Å². The molecule has 0 bridgehead atoms. The van der Waals surface area contributed by atoms with Crippen LogP contribution in [0.25, 0.3) is 0 Å². The van der Waals surface area contributed by atoms with Crippen molar-refractivity contribution >= 4 is 34.7 Å². The molecule has 1 aromatic heterocycles. The normalized spacial score (nSPS) is 17.1. The molecule has 7 nitrogen and oxygen atoms in total. The standard InChI is InChI=1S/C27H28N4O3S/c32-24(28-18-21-8-3-1-4-9-21)19-30-20-31(22-10-5-2-6-11-22)27(26(30)34)13-15-29(16-14-27)25(33)23-12-7-17-35-23/h1-12,17H,13-16,18-20H2,(H,28,32). The second kappa shape index (κ2) is 9.92. The van der Waals surface area contributed by atoms with Crippen molar-refractivity contribution < 1.29 is 14.4 Å². The summed E-state index contributed by atoms with van der Waals surface area (Å²) in [4.78, 5) is 45.7. The van der Waals surface area contributed by atoms with Crippen molar-refractivity contribution in [2.24, 2.45) is 0 Å². The Kier molecular flexibility index (Phi) is 6.55. The second-order valence-corrected chi connectivity index (χ2v) is 9.92. The molecule has 8 heteroatoms. The molecule has 0 saturated carbocycles. The first kappa shape index (κ1) is 23.1. The first-order valence-electron chi connectivity index (χ1n) is 11.8. The molecule has 1 N–H and O–H groups in total. The van der Waals surface area contributed by atoms with Crippen LogP contribution in [0.5, 0.6) is 0 Å². The SMILES string of the molecule is O=C(CN1CN(c2ccccc2)C2(CCN(C(=O)c3cccs3)CC2)C1=O)NCc1ccccc1. The Labute approximate surface area is 209 Å². The number of nitrogens with one attached hydrogen (secondary N) is 1. The lowest BCUT2D eigenvalue weighted by molar-refractivity contribution is -0.137. The van der Waals surface area contributed by atoms with E-state index in [4.69, 9.17) is 0 Å². The number of nitrogens with zero attached hydrogens (tertiary/aromatic N) is 3. The van der Waals surface area contributed by atoms with Gasteiger partial charge in [-0.2, -0.15) is 0 Å². The lowest BCUT2D eigenvalue weighted by Crippen LogP contribution is -2.57. The zero-order valence-corrected chi connectivity index (χ0v) is 20.2. The van der Waals surface area contributed by atoms with Gasteiger partial charge in [0.2, 0.25) is 5.91 Å². The Balaban J connectivity index is 1.30. The molecule has 180 valence electrons. The molecule has 2 fully saturated rings. The molecule has 0 aliphatic carbocycles. The van der Waals surface area contributed by atoms with Crippen LogP contribution in [-0.4, -0.2) is 59.4 Å². The van der Waals surface area contributed by atoms with Crippen molar-refractivity contribution in [3.8, 4) is 0 Å². The molecule has 2 aromatic carbocycles. The van der Waals surface area contributed by atoms with Crippen molar-refractivity contribution in [3.05, 3.63) is 88.6 Å². The fourth-order valence-electron chi connectivity index (χ4n) is 4.98. The number of piperidine rings is 1. The summed E-state index contributed by atoms with van der Waals surface area (Å²) in [5.74, 6) is -0.208. The fraction of sp³-hybridized carbons (Fsp3) is 0.296. The van der Waals surface area contributed by atoms with Crippen LogP contribution in [0.1, 0.15) is 28.1 Å². The predicted octanol–water partition coefficient (Wildman–Crippen LogP) is 3.35. The molecular formula is C27H28N4O3S. The molecule has 0 atom stereocenters. The predicted molar refractivity (Wildman–Crippen MR) is 136 cm³/mol. The maximum absolute atomic E-state index is 13.8. The highest BCUT2D eigenvalue weighted by Gasteiger charge is 2.54. The number of likely N-dealkylation sites (tertiary alicyclic amines) is 1. The van der Waals surface area contributed by atoms with Crippen LogP contribution in [0.3, 0.4) is 0 Å². The smallest absolute Gasteiger partial charge is 0.263 e. The van der Waals surface area contributed by atoms with Gasteiger partial charge in [-0.3, -0.25) is 14.4 Å². The van der Waals surface area contributed by atoms with Gasteiger partial charge in [0, 0.05) is 25.3 Å². The Morgan fingerprint density at radius 2 is 1.60 bits per heavy atom. The van der Waals surface area contributed by atoms with Crippen LogP contribution in [0, 0.1) is 0 Å². The van der Waals surface area contributed by atoms with Gasteiger partial charge in [0.05, 0.1) is 11.5 Å². The van der Waals surface area contributed by atoms with E-state index in [9.17, 15) is 14.4 Å². The minimum atomic E-state index is -0.757. The van der Waals surface area contributed by atoms with E-state index in [0.29, 0.717) is 39.1 Å². The number of carbonyl (C=O) groups excluding carboxylic acids is 3. The number of thiophene rings is 1. The van der Waals surface area contributed by atoms with Crippen molar-refractivity contribution in [1.29, 1.82) is 0 Å². The van der Waals surface area contributed by atoms with E-state index in [2.05, 4.69) is 10.2 Å². The minimum absolute atomic E-state index is 0.00852. The molecule has 2 saturated heterocycles. The van der Waals surface area contributed by atoms with Gasteiger partial charge in [0.1, 0.15) is 12.1 Å². The number of rotatable bonds is 6. The van der Waals surface area contributed by atoms with Crippen molar-refractivity contribution in [2.45, 2.75) is 24.9 Å². The summed E-state index contributed by atoms with van der Waals surface area (Å²) in [5, 5.41) is 4.83. The summed E-state index contributed by atoms with van der Waals surface area (Å²) in [6.07, 6.45) is 1.06. The largest absolute Gasteiger partial charge is 0.350 e. The molecule has 2 aliphatic rings. The maximum Gasteiger partial charge on any atom is 0.263 e. The van der Waals surface area contributed by atoms with Crippen LogP contribution in [-0.2, 0) is 16.1 Å². The summed E-state index contributed by atoms with van der Waals surface area (Å²) >= 11 is 1.44. The van der Waals surface area contributed by atoms with Gasteiger partial charge in [-0.1, -0.05) is 54.6 Å². The number of hydrogen-bond acceptors (Lipinski definition) is 5. The summed E-state index contributed by atoms with van der Waals surface area (Å²) in [5.41, 5.74) is 1.21. The van der Waals surface area contributed by atoms with E-state index in [0.717, 1.165) is 16.1 Å². The van der Waals surface area contributed by atoms with Crippen molar-refractivity contribution in [1.82, 2.24) is 15.1 Å². The molecule has 5 rings (SSSR count).